The van der Waals surface area contributed by atoms with Crippen molar-refractivity contribution >= 4 is 33.2 Å². The summed E-state index contributed by atoms with van der Waals surface area (Å²) < 4.78 is 3.69. The number of benzene rings is 3. The standard InChI is InChI=1S/C28H23N5O/c1-17-11-13-20(14-12-17)16-32-19(3)29-26-24(28(32)34)25-27(31-23-10-5-4-9-22(23)30-25)33(26)21-8-6-7-18(2)15-21/h4-15H,16H2,1-3H3. The highest BCUT2D eigenvalue weighted by molar-refractivity contribution is 6.05. The lowest BCUT2D eigenvalue weighted by Crippen LogP contribution is -2.24. The summed E-state index contributed by atoms with van der Waals surface area (Å²) in [6, 6.07) is 24.1. The molecule has 0 aliphatic carbocycles. The SMILES string of the molecule is Cc1ccc(Cn2c(C)nc3c(c2=O)c2nc4ccccc4nc2n3-c2cccc(C)c2)cc1. The molecule has 0 fully saturated rings. The zero-order chi connectivity index (χ0) is 23.4. The van der Waals surface area contributed by atoms with Crippen LogP contribution in [0.4, 0.5) is 0 Å². The number of rotatable bonds is 3. The van der Waals surface area contributed by atoms with Gasteiger partial charge < -0.3 is 0 Å². The van der Waals surface area contributed by atoms with E-state index in [-0.39, 0.29) is 5.56 Å². The molecule has 3 aromatic carbocycles. The van der Waals surface area contributed by atoms with E-state index in [4.69, 9.17) is 15.0 Å². The summed E-state index contributed by atoms with van der Waals surface area (Å²) in [7, 11) is 0. The molecule has 6 rings (SSSR count). The second-order valence-electron chi connectivity index (χ2n) is 8.79. The van der Waals surface area contributed by atoms with Gasteiger partial charge in [0.15, 0.2) is 11.3 Å². The number of hydrogen-bond donors (Lipinski definition) is 0. The number of nitrogens with zero attached hydrogens (tertiary/aromatic N) is 5. The Hall–Kier alpha value is -4.32. The summed E-state index contributed by atoms with van der Waals surface area (Å²) in [5, 5.41) is 0.493. The molecule has 0 saturated heterocycles. The van der Waals surface area contributed by atoms with Gasteiger partial charge >= 0.3 is 0 Å². The average molecular weight is 446 g/mol. The van der Waals surface area contributed by atoms with Crippen molar-refractivity contribution in [3.8, 4) is 5.69 Å². The van der Waals surface area contributed by atoms with E-state index in [2.05, 4.69) is 37.3 Å². The van der Waals surface area contributed by atoms with Gasteiger partial charge in [-0.15, -0.1) is 0 Å². The fraction of sp³-hybridized carbons (Fsp3) is 0.143. The van der Waals surface area contributed by atoms with Gasteiger partial charge in [0.1, 0.15) is 16.7 Å². The second kappa shape index (κ2) is 7.63. The van der Waals surface area contributed by atoms with Crippen LogP contribution >= 0.6 is 0 Å². The molecule has 0 spiro atoms. The van der Waals surface area contributed by atoms with Gasteiger partial charge in [-0.05, 0) is 56.2 Å². The summed E-state index contributed by atoms with van der Waals surface area (Å²) in [5.74, 6) is 0.652. The fourth-order valence-corrected chi connectivity index (χ4v) is 4.50. The molecule has 166 valence electrons. The smallest absolute Gasteiger partial charge is 0.265 e. The first-order valence-electron chi connectivity index (χ1n) is 11.3. The van der Waals surface area contributed by atoms with Gasteiger partial charge in [0.05, 0.1) is 17.6 Å². The Morgan fingerprint density at radius 2 is 1.47 bits per heavy atom. The first-order chi connectivity index (χ1) is 16.5. The van der Waals surface area contributed by atoms with E-state index in [1.807, 2.05) is 60.9 Å². The van der Waals surface area contributed by atoms with Gasteiger partial charge in [-0.3, -0.25) is 13.9 Å². The lowest BCUT2D eigenvalue weighted by molar-refractivity contribution is 0.711. The Morgan fingerprint density at radius 3 is 2.21 bits per heavy atom. The highest BCUT2D eigenvalue weighted by Crippen LogP contribution is 2.29. The highest BCUT2D eigenvalue weighted by Gasteiger charge is 2.22. The first kappa shape index (κ1) is 20.3. The molecular formula is C28H23N5O. The lowest BCUT2D eigenvalue weighted by atomic mass is 10.1. The van der Waals surface area contributed by atoms with Crippen LogP contribution in [0.15, 0.2) is 77.6 Å². The predicted molar refractivity (Wildman–Crippen MR) is 136 cm³/mol. The maximum Gasteiger partial charge on any atom is 0.265 e. The molecule has 0 N–H and O–H groups in total. The molecule has 6 heteroatoms. The maximum atomic E-state index is 13.9. The zero-order valence-corrected chi connectivity index (χ0v) is 19.3. The van der Waals surface area contributed by atoms with E-state index in [1.165, 1.54) is 5.56 Å². The molecule has 3 aromatic heterocycles. The highest BCUT2D eigenvalue weighted by atomic mass is 16.1. The monoisotopic (exact) mass is 445 g/mol. The van der Waals surface area contributed by atoms with Crippen molar-refractivity contribution in [1.82, 2.24) is 24.1 Å². The molecule has 0 bridgehead atoms. The average Bonchev–Trinajstić information content (AvgIpc) is 3.14. The fourth-order valence-electron chi connectivity index (χ4n) is 4.50. The molecule has 0 unspecified atom stereocenters. The van der Waals surface area contributed by atoms with Gasteiger partial charge in [0, 0.05) is 5.69 Å². The molecule has 34 heavy (non-hydrogen) atoms. The number of hydrogen-bond acceptors (Lipinski definition) is 4. The van der Waals surface area contributed by atoms with E-state index in [1.54, 1.807) is 4.57 Å². The summed E-state index contributed by atoms with van der Waals surface area (Å²) in [6.45, 7) is 6.43. The molecule has 0 atom stereocenters. The van der Waals surface area contributed by atoms with Gasteiger partial charge in [0.2, 0.25) is 0 Å². The van der Waals surface area contributed by atoms with Crippen molar-refractivity contribution < 1.29 is 0 Å². The van der Waals surface area contributed by atoms with Gasteiger partial charge in [-0.1, -0.05) is 54.1 Å². The Kier molecular flexibility index (Phi) is 4.55. The number of fused-ring (bicyclic) bond motifs is 4. The summed E-state index contributed by atoms with van der Waals surface area (Å²) in [5.41, 5.74) is 7.48. The van der Waals surface area contributed by atoms with Crippen molar-refractivity contribution in [3.63, 3.8) is 0 Å². The van der Waals surface area contributed by atoms with Gasteiger partial charge in [0.25, 0.3) is 5.56 Å². The van der Waals surface area contributed by atoms with Crippen LogP contribution in [-0.2, 0) is 6.54 Å². The Labute approximate surface area is 196 Å². The summed E-state index contributed by atoms with van der Waals surface area (Å²) in [4.78, 5) is 28.7. The minimum absolute atomic E-state index is 0.107. The van der Waals surface area contributed by atoms with Crippen molar-refractivity contribution in [1.29, 1.82) is 0 Å². The molecule has 0 saturated carbocycles. The first-order valence-corrected chi connectivity index (χ1v) is 11.3. The van der Waals surface area contributed by atoms with Crippen molar-refractivity contribution in [3.05, 3.63) is 106 Å². The van der Waals surface area contributed by atoms with Crippen LogP contribution in [-0.4, -0.2) is 24.1 Å². The van der Waals surface area contributed by atoms with E-state index in [9.17, 15) is 4.79 Å². The zero-order valence-electron chi connectivity index (χ0n) is 19.3. The molecule has 6 nitrogen and oxygen atoms in total. The Morgan fingerprint density at radius 1 is 0.735 bits per heavy atom. The third-order valence-corrected chi connectivity index (χ3v) is 6.27. The van der Waals surface area contributed by atoms with Gasteiger partial charge in [-0.2, -0.15) is 0 Å². The van der Waals surface area contributed by atoms with Crippen LogP contribution in [0, 0.1) is 20.8 Å². The topological polar surface area (TPSA) is 65.6 Å². The van der Waals surface area contributed by atoms with Crippen molar-refractivity contribution in [2.75, 3.05) is 0 Å². The van der Waals surface area contributed by atoms with E-state index < -0.39 is 0 Å². The van der Waals surface area contributed by atoms with Crippen LogP contribution in [0.2, 0.25) is 0 Å². The van der Waals surface area contributed by atoms with Crippen LogP contribution in [0.5, 0.6) is 0 Å². The van der Waals surface area contributed by atoms with Crippen molar-refractivity contribution in [2.24, 2.45) is 0 Å². The van der Waals surface area contributed by atoms with Crippen LogP contribution in [0.25, 0.3) is 38.9 Å². The van der Waals surface area contributed by atoms with Crippen LogP contribution in [0.1, 0.15) is 22.5 Å². The third-order valence-electron chi connectivity index (χ3n) is 6.27. The maximum absolute atomic E-state index is 13.9. The molecule has 0 radical (unpaired) electrons. The predicted octanol–water partition coefficient (Wildman–Crippen LogP) is 5.26. The molecule has 3 heterocycles. The quantitative estimate of drug-likeness (QED) is 0.373. The molecular weight excluding hydrogens is 422 g/mol. The molecule has 6 aromatic rings. The second-order valence-corrected chi connectivity index (χ2v) is 8.79. The molecule has 0 amide bonds. The van der Waals surface area contributed by atoms with E-state index in [0.717, 1.165) is 27.8 Å². The van der Waals surface area contributed by atoms with E-state index in [0.29, 0.717) is 34.6 Å². The number of aromatic nitrogens is 5. The Bertz CT molecular complexity index is 1780. The number of aryl methyl sites for hydroxylation is 3. The third kappa shape index (κ3) is 3.18. The van der Waals surface area contributed by atoms with Crippen LogP contribution < -0.4 is 5.56 Å². The van der Waals surface area contributed by atoms with Crippen molar-refractivity contribution in [2.45, 2.75) is 27.3 Å². The summed E-state index contributed by atoms with van der Waals surface area (Å²) >= 11 is 0. The molecule has 0 aliphatic heterocycles. The Balaban J connectivity index is 1.71. The van der Waals surface area contributed by atoms with Gasteiger partial charge in [-0.25, -0.2) is 15.0 Å². The normalized spacial score (nSPS) is 11.6. The number of para-hydroxylation sites is 2. The van der Waals surface area contributed by atoms with E-state index >= 15 is 0 Å². The molecule has 0 aliphatic rings. The summed E-state index contributed by atoms with van der Waals surface area (Å²) in [6.07, 6.45) is 0. The minimum Gasteiger partial charge on any atom is -0.292 e. The van der Waals surface area contributed by atoms with Crippen LogP contribution in [0.3, 0.4) is 0 Å². The lowest BCUT2D eigenvalue weighted by Gasteiger charge is -2.11. The largest absolute Gasteiger partial charge is 0.292 e. The minimum atomic E-state index is -0.107.